The molecule has 1 heterocycles. The van der Waals surface area contributed by atoms with E-state index in [2.05, 4.69) is 5.32 Å². The maximum atomic E-state index is 12.7. The molecular formula is C23H27Cl2NO4S. The van der Waals surface area contributed by atoms with Gasteiger partial charge in [-0.3, -0.25) is 4.79 Å². The number of rotatable bonds is 9. The summed E-state index contributed by atoms with van der Waals surface area (Å²) in [6, 6.07) is 5.03. The Morgan fingerprint density at radius 1 is 1.13 bits per heavy atom. The molecule has 168 valence electrons. The zero-order valence-electron chi connectivity index (χ0n) is 17.6. The molecule has 0 radical (unpaired) electrons. The van der Waals surface area contributed by atoms with Crippen molar-refractivity contribution in [3.05, 3.63) is 44.2 Å². The molecule has 5 nitrogen and oxygen atoms in total. The second-order valence-corrected chi connectivity index (χ2v) is 9.43. The summed E-state index contributed by atoms with van der Waals surface area (Å²) in [7, 11) is 0. The fourth-order valence-corrected chi connectivity index (χ4v) is 5.27. The molecule has 1 aromatic heterocycles. The number of fused-ring (bicyclic) bond motifs is 1. The third-order valence-corrected chi connectivity index (χ3v) is 6.75. The van der Waals surface area contributed by atoms with Crippen LogP contribution in [-0.4, -0.2) is 25.1 Å². The molecule has 0 spiro atoms. The van der Waals surface area contributed by atoms with Gasteiger partial charge in [-0.1, -0.05) is 36.5 Å². The number of aryl methyl sites for hydroxylation is 1. The van der Waals surface area contributed by atoms with E-state index in [1.807, 2.05) is 6.92 Å². The Bertz CT molecular complexity index is 929. The smallest absolute Gasteiger partial charge is 0.341 e. The van der Waals surface area contributed by atoms with Gasteiger partial charge < -0.3 is 14.8 Å². The summed E-state index contributed by atoms with van der Waals surface area (Å²) in [6.07, 6.45) is 6.67. The third kappa shape index (κ3) is 6.61. The van der Waals surface area contributed by atoms with E-state index in [1.54, 1.807) is 18.2 Å². The second-order valence-electron chi connectivity index (χ2n) is 7.48. The number of ether oxygens (including phenoxy) is 2. The standard InChI is InChI=1S/C23H27Cl2NO4S/c1-2-12-30-23(28)21-16-7-4-3-5-8-19(16)31-22(21)26-20(27)9-6-13-29-18-11-10-15(24)14-17(18)25/h10-11,14H,2-9,12-13H2,1H3,(H,26,27). The number of carbonyl (C=O) groups is 2. The van der Waals surface area contributed by atoms with Crippen LogP contribution in [0.2, 0.25) is 10.0 Å². The number of hydrogen-bond acceptors (Lipinski definition) is 5. The van der Waals surface area contributed by atoms with Crippen LogP contribution >= 0.6 is 34.5 Å². The molecule has 0 fully saturated rings. The van der Waals surface area contributed by atoms with Gasteiger partial charge in [0, 0.05) is 16.3 Å². The van der Waals surface area contributed by atoms with Crippen LogP contribution in [-0.2, 0) is 22.4 Å². The van der Waals surface area contributed by atoms with Crippen LogP contribution in [0.4, 0.5) is 5.00 Å². The SMILES string of the molecule is CCCOC(=O)c1c(NC(=O)CCCOc2ccc(Cl)cc2Cl)sc2c1CCCCC2. The summed E-state index contributed by atoms with van der Waals surface area (Å²) in [5.74, 6) is 0.0541. The van der Waals surface area contributed by atoms with Gasteiger partial charge >= 0.3 is 5.97 Å². The molecular weight excluding hydrogens is 457 g/mol. The minimum Gasteiger partial charge on any atom is -0.492 e. The minimum absolute atomic E-state index is 0.147. The lowest BCUT2D eigenvalue weighted by Crippen LogP contribution is -2.16. The Balaban J connectivity index is 1.60. The molecule has 1 aliphatic rings. The zero-order chi connectivity index (χ0) is 22.2. The van der Waals surface area contributed by atoms with E-state index in [1.165, 1.54) is 16.2 Å². The molecule has 8 heteroatoms. The van der Waals surface area contributed by atoms with Crippen molar-refractivity contribution in [1.29, 1.82) is 0 Å². The highest BCUT2D eigenvalue weighted by molar-refractivity contribution is 7.17. The number of anilines is 1. The maximum Gasteiger partial charge on any atom is 0.341 e. The molecule has 0 saturated heterocycles. The second kappa shape index (κ2) is 11.7. The van der Waals surface area contributed by atoms with Crippen molar-refractivity contribution < 1.29 is 19.1 Å². The number of amides is 1. The molecule has 0 bridgehead atoms. The van der Waals surface area contributed by atoms with Crippen LogP contribution in [0.5, 0.6) is 5.75 Å². The first-order valence-corrected chi connectivity index (χ1v) is 12.3. The molecule has 0 atom stereocenters. The Labute approximate surface area is 197 Å². The van der Waals surface area contributed by atoms with Gasteiger partial charge in [-0.2, -0.15) is 0 Å². The lowest BCUT2D eigenvalue weighted by Gasteiger charge is -2.10. The highest BCUT2D eigenvalue weighted by atomic mass is 35.5. The molecule has 31 heavy (non-hydrogen) atoms. The Hall–Kier alpha value is -1.76. The predicted molar refractivity (Wildman–Crippen MR) is 126 cm³/mol. The van der Waals surface area contributed by atoms with Gasteiger partial charge in [-0.05, 0) is 62.3 Å². The summed E-state index contributed by atoms with van der Waals surface area (Å²) in [6.45, 7) is 2.69. The summed E-state index contributed by atoms with van der Waals surface area (Å²) >= 11 is 13.5. The van der Waals surface area contributed by atoms with E-state index in [-0.39, 0.29) is 18.3 Å². The average molecular weight is 484 g/mol. The molecule has 0 saturated carbocycles. The van der Waals surface area contributed by atoms with Gasteiger partial charge in [0.2, 0.25) is 5.91 Å². The average Bonchev–Trinajstić information content (AvgIpc) is 2.90. The number of benzene rings is 1. The first kappa shape index (κ1) is 23.9. The summed E-state index contributed by atoms with van der Waals surface area (Å²) < 4.78 is 11.0. The number of halogens is 2. The number of hydrogen-bond donors (Lipinski definition) is 1. The van der Waals surface area contributed by atoms with Gasteiger partial charge in [-0.15, -0.1) is 11.3 Å². The van der Waals surface area contributed by atoms with Crippen LogP contribution < -0.4 is 10.1 Å². The Morgan fingerprint density at radius 2 is 1.94 bits per heavy atom. The number of thiophene rings is 1. The normalized spacial score (nSPS) is 13.3. The first-order chi connectivity index (χ1) is 15.0. The van der Waals surface area contributed by atoms with Crippen LogP contribution in [0.3, 0.4) is 0 Å². The van der Waals surface area contributed by atoms with Gasteiger partial charge in [0.05, 0.1) is 23.8 Å². The van der Waals surface area contributed by atoms with Gasteiger partial charge in [-0.25, -0.2) is 4.79 Å². The monoisotopic (exact) mass is 483 g/mol. The lowest BCUT2D eigenvalue weighted by molar-refractivity contribution is -0.116. The van der Waals surface area contributed by atoms with Gasteiger partial charge in [0.15, 0.2) is 0 Å². The van der Waals surface area contributed by atoms with E-state index >= 15 is 0 Å². The van der Waals surface area contributed by atoms with E-state index in [0.29, 0.717) is 46.0 Å². The first-order valence-electron chi connectivity index (χ1n) is 10.7. The van der Waals surface area contributed by atoms with Crippen molar-refractivity contribution in [2.75, 3.05) is 18.5 Å². The van der Waals surface area contributed by atoms with E-state index in [4.69, 9.17) is 32.7 Å². The number of nitrogens with one attached hydrogen (secondary N) is 1. The van der Waals surface area contributed by atoms with Crippen molar-refractivity contribution in [1.82, 2.24) is 0 Å². The van der Waals surface area contributed by atoms with Crippen molar-refractivity contribution in [3.63, 3.8) is 0 Å². The van der Waals surface area contributed by atoms with Gasteiger partial charge in [0.25, 0.3) is 0 Å². The van der Waals surface area contributed by atoms with Crippen LogP contribution in [0.1, 0.15) is 66.2 Å². The van der Waals surface area contributed by atoms with Crippen LogP contribution in [0.25, 0.3) is 0 Å². The predicted octanol–water partition coefficient (Wildman–Crippen LogP) is 6.69. The van der Waals surface area contributed by atoms with E-state index in [9.17, 15) is 9.59 Å². The molecule has 1 N–H and O–H groups in total. The molecule has 1 aromatic carbocycles. The summed E-state index contributed by atoms with van der Waals surface area (Å²) in [5, 5.41) is 4.53. The fourth-order valence-electron chi connectivity index (χ4n) is 3.51. The molecule has 2 aromatic rings. The third-order valence-electron chi connectivity index (χ3n) is 5.02. The number of esters is 1. The number of carbonyl (C=O) groups excluding carboxylic acids is 2. The maximum absolute atomic E-state index is 12.7. The molecule has 1 amide bonds. The van der Waals surface area contributed by atoms with Crippen LogP contribution in [0.15, 0.2) is 18.2 Å². The molecule has 0 unspecified atom stereocenters. The Kier molecular flexibility index (Phi) is 9.05. The largest absolute Gasteiger partial charge is 0.492 e. The van der Waals surface area contributed by atoms with Crippen molar-refractivity contribution >= 4 is 51.4 Å². The highest BCUT2D eigenvalue weighted by Crippen LogP contribution is 2.38. The topological polar surface area (TPSA) is 64.6 Å². The zero-order valence-corrected chi connectivity index (χ0v) is 19.9. The van der Waals surface area contributed by atoms with E-state index < -0.39 is 0 Å². The molecule has 1 aliphatic carbocycles. The van der Waals surface area contributed by atoms with Crippen LogP contribution in [0, 0.1) is 0 Å². The fraction of sp³-hybridized carbons (Fsp3) is 0.478. The lowest BCUT2D eigenvalue weighted by atomic mass is 10.1. The van der Waals surface area contributed by atoms with Crippen molar-refractivity contribution in [2.24, 2.45) is 0 Å². The van der Waals surface area contributed by atoms with Crippen molar-refractivity contribution in [2.45, 2.75) is 58.3 Å². The molecule has 0 aliphatic heterocycles. The Morgan fingerprint density at radius 3 is 2.71 bits per heavy atom. The summed E-state index contributed by atoms with van der Waals surface area (Å²) in [5.41, 5.74) is 1.60. The van der Waals surface area contributed by atoms with E-state index in [0.717, 1.165) is 44.1 Å². The van der Waals surface area contributed by atoms with Crippen molar-refractivity contribution in [3.8, 4) is 5.75 Å². The molecule has 3 rings (SSSR count). The highest BCUT2D eigenvalue weighted by Gasteiger charge is 2.26. The quantitative estimate of drug-likeness (QED) is 0.245. The summed E-state index contributed by atoms with van der Waals surface area (Å²) in [4.78, 5) is 26.5. The van der Waals surface area contributed by atoms with Gasteiger partial charge in [0.1, 0.15) is 10.8 Å². The minimum atomic E-state index is -0.336.